The van der Waals surface area contributed by atoms with Crippen LogP contribution in [0.3, 0.4) is 0 Å². The lowest BCUT2D eigenvalue weighted by Crippen LogP contribution is -2.47. The molecule has 0 unspecified atom stereocenters. The van der Waals surface area contributed by atoms with Gasteiger partial charge in [0.1, 0.15) is 5.60 Å². The van der Waals surface area contributed by atoms with Gasteiger partial charge in [0.15, 0.2) is 5.60 Å². The van der Waals surface area contributed by atoms with Gasteiger partial charge >= 0.3 is 0 Å². The second kappa shape index (κ2) is 11.8. The Hall–Kier alpha value is -1.12. The smallest absolute Gasteiger partial charge is 0.171 e. The van der Waals surface area contributed by atoms with Crippen LogP contribution in [0.1, 0.15) is 64.2 Å². The van der Waals surface area contributed by atoms with Crippen molar-refractivity contribution in [3.63, 3.8) is 0 Å². The van der Waals surface area contributed by atoms with Crippen LogP contribution < -0.4 is 5.32 Å². The maximum absolute atomic E-state index is 9.13. The summed E-state index contributed by atoms with van der Waals surface area (Å²) in [6.45, 7) is 4.69. The first-order valence-corrected chi connectivity index (χ1v) is 10.7. The predicted octanol–water partition coefficient (Wildman–Crippen LogP) is 2.71. The highest BCUT2D eigenvalue weighted by atomic mass is 16.5. The van der Waals surface area contributed by atoms with E-state index in [2.05, 4.69) is 28.3 Å². The first kappa shape index (κ1) is 23.2. The molecule has 4 fully saturated rings. The van der Waals surface area contributed by atoms with Crippen LogP contribution in [0, 0.1) is 12.3 Å². The van der Waals surface area contributed by atoms with E-state index in [9.17, 15) is 0 Å². The molecule has 2 aliphatic heterocycles. The fourth-order valence-corrected chi connectivity index (χ4v) is 3.84. The molecule has 28 heavy (non-hydrogen) atoms. The lowest BCUT2D eigenvalue weighted by atomic mass is 9.91. The number of ether oxygens (including phenoxy) is 2. The maximum atomic E-state index is 9.13. The number of hydrogen-bond donors (Lipinski definition) is 3. The topological polar surface area (TPSA) is 71.0 Å². The van der Waals surface area contributed by atoms with E-state index in [4.69, 9.17) is 21.4 Å². The van der Waals surface area contributed by atoms with Crippen LogP contribution in [-0.4, -0.2) is 59.9 Å². The van der Waals surface area contributed by atoms with Gasteiger partial charge in [0.05, 0.1) is 26.4 Å². The summed E-state index contributed by atoms with van der Waals surface area (Å²) in [5.41, 5.74) is 0.826. The first-order valence-electron chi connectivity index (χ1n) is 10.7. The molecule has 2 saturated carbocycles. The zero-order valence-electron chi connectivity index (χ0n) is 17.1. The molecule has 5 heteroatoms. The van der Waals surface area contributed by atoms with E-state index in [0.29, 0.717) is 26.4 Å². The molecule has 4 rings (SSSR count). The zero-order chi connectivity index (χ0) is 20.3. The summed E-state index contributed by atoms with van der Waals surface area (Å²) in [6.07, 6.45) is 21.0. The molecule has 0 aromatic carbocycles. The molecule has 5 nitrogen and oxygen atoms in total. The lowest BCUT2D eigenvalue weighted by molar-refractivity contribution is -0.147. The molecule has 2 aliphatic carbocycles. The first-order chi connectivity index (χ1) is 13.5. The van der Waals surface area contributed by atoms with Crippen molar-refractivity contribution in [3.05, 3.63) is 18.4 Å². The van der Waals surface area contributed by atoms with Crippen LogP contribution in [-0.2, 0) is 9.47 Å². The van der Waals surface area contributed by atoms with Crippen LogP contribution in [0.15, 0.2) is 18.4 Å². The van der Waals surface area contributed by atoms with Gasteiger partial charge in [-0.1, -0.05) is 51.0 Å². The molecule has 4 aliphatic rings. The average Bonchev–Trinajstić information content (AvgIpc) is 2.68. The molecule has 2 heterocycles. The summed E-state index contributed by atoms with van der Waals surface area (Å²) in [5.74, 6) is 2.21. The van der Waals surface area contributed by atoms with E-state index in [1.54, 1.807) is 0 Å². The SMILES string of the molecule is C#CC1(O)COC1.C1CCC(NC2CCCCC2)CC1.C=C=CC1(O)COC1. The van der Waals surface area contributed by atoms with E-state index < -0.39 is 11.2 Å². The van der Waals surface area contributed by atoms with Gasteiger partial charge in [-0.05, 0) is 31.8 Å². The molecule has 158 valence electrons. The third-order valence-electron chi connectivity index (χ3n) is 5.71. The Morgan fingerprint density at radius 2 is 1.32 bits per heavy atom. The Labute approximate surface area is 170 Å². The van der Waals surface area contributed by atoms with Crippen LogP contribution in [0.2, 0.25) is 0 Å². The minimum Gasteiger partial charge on any atom is -0.380 e. The van der Waals surface area contributed by atoms with Crippen molar-refractivity contribution in [1.29, 1.82) is 0 Å². The van der Waals surface area contributed by atoms with Crippen LogP contribution in [0.25, 0.3) is 0 Å². The molecule has 0 spiro atoms. The lowest BCUT2D eigenvalue weighted by Gasteiger charge is -2.32. The molecule has 0 amide bonds. The highest BCUT2D eigenvalue weighted by Crippen LogP contribution is 2.22. The standard InChI is InChI=1S/C12H23N.C6H8O2.C5H6O2/c1-3-7-11(8-4-1)13-12-9-5-2-6-10-12;1-2-3-6(7)4-8-5-6;1-2-5(6)3-7-4-5/h11-13H,1-10H2;3,7H,1,4-5H2;1,6H,3-4H2. The number of terminal acetylenes is 1. The fraction of sp³-hybridized carbons (Fsp3) is 0.783. The van der Waals surface area contributed by atoms with Crippen molar-refractivity contribution in [3.8, 4) is 12.3 Å². The van der Waals surface area contributed by atoms with Gasteiger partial charge in [-0.2, -0.15) is 0 Å². The molecule has 0 atom stereocenters. The Morgan fingerprint density at radius 1 is 0.857 bits per heavy atom. The van der Waals surface area contributed by atoms with Crippen molar-refractivity contribution in [1.82, 2.24) is 5.32 Å². The summed E-state index contributed by atoms with van der Waals surface area (Å²) < 4.78 is 9.38. The average molecular weight is 392 g/mol. The minimum atomic E-state index is -0.931. The van der Waals surface area contributed by atoms with E-state index in [1.807, 2.05) is 0 Å². The molecule has 0 aromatic heterocycles. The van der Waals surface area contributed by atoms with Gasteiger partial charge < -0.3 is 25.0 Å². The van der Waals surface area contributed by atoms with Gasteiger partial charge in [-0.15, -0.1) is 12.2 Å². The molecular weight excluding hydrogens is 354 g/mol. The second-order valence-corrected chi connectivity index (χ2v) is 8.45. The van der Waals surface area contributed by atoms with E-state index >= 15 is 0 Å². The molecule has 0 radical (unpaired) electrons. The minimum absolute atomic E-state index is 0.295. The van der Waals surface area contributed by atoms with Crippen LogP contribution >= 0.6 is 0 Å². The van der Waals surface area contributed by atoms with Crippen molar-refractivity contribution >= 4 is 0 Å². The molecular formula is C23H37NO4. The second-order valence-electron chi connectivity index (χ2n) is 8.45. The number of nitrogens with one attached hydrogen (secondary N) is 1. The maximum Gasteiger partial charge on any atom is 0.171 e. The van der Waals surface area contributed by atoms with Gasteiger partial charge in [0.25, 0.3) is 0 Å². The highest BCUT2D eigenvalue weighted by molar-refractivity contribution is 5.11. The Morgan fingerprint density at radius 3 is 1.54 bits per heavy atom. The van der Waals surface area contributed by atoms with Crippen molar-refractivity contribution in [2.24, 2.45) is 0 Å². The van der Waals surface area contributed by atoms with Crippen LogP contribution in [0.5, 0.6) is 0 Å². The Kier molecular flexibility index (Phi) is 9.74. The van der Waals surface area contributed by atoms with Gasteiger partial charge in [0.2, 0.25) is 0 Å². The van der Waals surface area contributed by atoms with Crippen molar-refractivity contribution in [2.45, 2.75) is 87.5 Å². The fourth-order valence-electron chi connectivity index (χ4n) is 3.84. The number of hydrogen-bond acceptors (Lipinski definition) is 5. The molecule has 0 aromatic rings. The quantitative estimate of drug-likeness (QED) is 0.510. The Bertz CT molecular complexity index is 513. The van der Waals surface area contributed by atoms with Gasteiger partial charge in [-0.25, -0.2) is 0 Å². The molecule has 0 bridgehead atoms. The normalized spacial score (nSPS) is 25.8. The van der Waals surface area contributed by atoms with E-state index in [-0.39, 0.29) is 0 Å². The summed E-state index contributed by atoms with van der Waals surface area (Å²) in [7, 11) is 0. The van der Waals surface area contributed by atoms with Crippen molar-refractivity contribution in [2.75, 3.05) is 26.4 Å². The Balaban J connectivity index is 0.000000161. The number of aliphatic hydroxyl groups is 2. The molecule has 2 saturated heterocycles. The van der Waals surface area contributed by atoms with Crippen molar-refractivity contribution < 1.29 is 19.7 Å². The van der Waals surface area contributed by atoms with E-state index in [1.165, 1.54) is 70.3 Å². The zero-order valence-corrected chi connectivity index (χ0v) is 17.1. The van der Waals surface area contributed by atoms with Gasteiger partial charge in [0, 0.05) is 12.1 Å². The highest BCUT2D eigenvalue weighted by Gasteiger charge is 2.33. The monoisotopic (exact) mass is 391 g/mol. The largest absolute Gasteiger partial charge is 0.380 e. The summed E-state index contributed by atoms with van der Waals surface area (Å²) in [4.78, 5) is 0. The predicted molar refractivity (Wildman–Crippen MR) is 111 cm³/mol. The van der Waals surface area contributed by atoms with E-state index in [0.717, 1.165) is 12.1 Å². The number of rotatable bonds is 3. The third kappa shape index (κ3) is 8.09. The molecule has 3 N–H and O–H groups in total. The van der Waals surface area contributed by atoms with Gasteiger partial charge in [-0.3, -0.25) is 0 Å². The van der Waals surface area contributed by atoms with Crippen LogP contribution in [0.4, 0.5) is 0 Å². The summed E-state index contributed by atoms with van der Waals surface area (Å²) >= 11 is 0. The summed E-state index contributed by atoms with van der Waals surface area (Å²) in [6, 6.07) is 1.74. The summed E-state index contributed by atoms with van der Waals surface area (Å²) in [5, 5.41) is 21.8. The third-order valence-corrected chi connectivity index (χ3v) is 5.71.